The standard InChI is InChI=1S/C25H34O3/c1-15-4-6-19(28-15)12-16-13-22-20-7-5-17-14-18(26)8-10-24(17,2)21(20)9-11-25(22,3)23(16)27/h4-6,12,18,20-23,26-27H,7-11,13-14H2,1-3H3/b16-12-/t18-,20-,21-,22+,23-,24+,25+/m1/s1. The number of hydrogen-bond donors (Lipinski definition) is 2. The highest BCUT2D eigenvalue weighted by molar-refractivity contribution is 5.51. The zero-order chi connectivity index (χ0) is 19.7. The van der Waals surface area contributed by atoms with Gasteiger partial charge in [-0.2, -0.15) is 0 Å². The first kappa shape index (κ1) is 18.7. The molecule has 2 N–H and O–H groups in total. The zero-order valence-electron chi connectivity index (χ0n) is 17.4. The van der Waals surface area contributed by atoms with Crippen molar-refractivity contribution in [2.75, 3.05) is 0 Å². The summed E-state index contributed by atoms with van der Waals surface area (Å²) in [6.45, 7) is 6.74. The summed E-state index contributed by atoms with van der Waals surface area (Å²) in [4.78, 5) is 0. The van der Waals surface area contributed by atoms with Crippen LogP contribution in [0.2, 0.25) is 0 Å². The topological polar surface area (TPSA) is 53.6 Å². The zero-order valence-corrected chi connectivity index (χ0v) is 17.4. The number of allylic oxidation sites excluding steroid dienone is 1. The van der Waals surface area contributed by atoms with E-state index in [9.17, 15) is 10.2 Å². The monoisotopic (exact) mass is 382 g/mol. The lowest BCUT2D eigenvalue weighted by molar-refractivity contribution is -0.0685. The predicted octanol–water partition coefficient (Wildman–Crippen LogP) is 5.27. The maximum absolute atomic E-state index is 11.3. The van der Waals surface area contributed by atoms with E-state index < -0.39 is 0 Å². The van der Waals surface area contributed by atoms with Crippen LogP contribution in [0.4, 0.5) is 0 Å². The van der Waals surface area contributed by atoms with E-state index in [1.165, 1.54) is 12.0 Å². The van der Waals surface area contributed by atoms with Gasteiger partial charge < -0.3 is 14.6 Å². The number of fused-ring (bicyclic) bond motifs is 5. The van der Waals surface area contributed by atoms with Crippen LogP contribution in [-0.4, -0.2) is 22.4 Å². The Morgan fingerprint density at radius 2 is 1.89 bits per heavy atom. The third-order valence-corrected chi connectivity index (χ3v) is 9.04. The second kappa shape index (κ2) is 6.34. The van der Waals surface area contributed by atoms with Gasteiger partial charge in [0.25, 0.3) is 0 Å². The first-order chi connectivity index (χ1) is 13.3. The fourth-order valence-corrected chi connectivity index (χ4v) is 7.35. The molecule has 0 bridgehead atoms. The Morgan fingerprint density at radius 3 is 2.64 bits per heavy atom. The summed E-state index contributed by atoms with van der Waals surface area (Å²) in [5, 5.41) is 21.4. The molecule has 28 heavy (non-hydrogen) atoms. The first-order valence-electron chi connectivity index (χ1n) is 11.1. The van der Waals surface area contributed by atoms with Gasteiger partial charge in [0.1, 0.15) is 11.5 Å². The summed E-state index contributed by atoms with van der Waals surface area (Å²) < 4.78 is 5.76. The van der Waals surface area contributed by atoms with E-state index in [1.54, 1.807) is 0 Å². The summed E-state index contributed by atoms with van der Waals surface area (Å²) in [7, 11) is 0. The molecule has 0 amide bonds. The van der Waals surface area contributed by atoms with Gasteiger partial charge in [0, 0.05) is 5.41 Å². The lowest BCUT2D eigenvalue weighted by Gasteiger charge is -2.57. The molecule has 1 heterocycles. The predicted molar refractivity (Wildman–Crippen MR) is 111 cm³/mol. The van der Waals surface area contributed by atoms with E-state index in [1.807, 2.05) is 19.1 Å². The smallest absolute Gasteiger partial charge is 0.127 e. The molecule has 0 aliphatic heterocycles. The maximum Gasteiger partial charge on any atom is 0.127 e. The van der Waals surface area contributed by atoms with Crippen molar-refractivity contribution >= 4 is 6.08 Å². The van der Waals surface area contributed by atoms with Gasteiger partial charge in [-0.25, -0.2) is 0 Å². The minimum absolute atomic E-state index is 0.0233. The van der Waals surface area contributed by atoms with Crippen LogP contribution in [0.15, 0.2) is 33.8 Å². The molecule has 0 spiro atoms. The van der Waals surface area contributed by atoms with Gasteiger partial charge in [-0.05, 0) is 98.8 Å². The molecule has 3 saturated carbocycles. The Bertz CT molecular complexity index is 833. The molecule has 3 heteroatoms. The number of rotatable bonds is 1. The van der Waals surface area contributed by atoms with Gasteiger partial charge in [0.15, 0.2) is 0 Å². The van der Waals surface area contributed by atoms with E-state index >= 15 is 0 Å². The average Bonchev–Trinajstić information content (AvgIpc) is 3.18. The summed E-state index contributed by atoms with van der Waals surface area (Å²) in [6.07, 6.45) is 11.4. The van der Waals surface area contributed by atoms with Crippen LogP contribution in [-0.2, 0) is 0 Å². The van der Waals surface area contributed by atoms with Crippen molar-refractivity contribution in [3.63, 3.8) is 0 Å². The Kier molecular flexibility index (Phi) is 4.23. The largest absolute Gasteiger partial charge is 0.462 e. The van der Waals surface area contributed by atoms with Crippen molar-refractivity contribution in [2.45, 2.75) is 77.9 Å². The van der Waals surface area contributed by atoms with Crippen molar-refractivity contribution in [1.29, 1.82) is 0 Å². The Morgan fingerprint density at radius 1 is 1.07 bits per heavy atom. The van der Waals surface area contributed by atoms with E-state index in [0.29, 0.717) is 17.8 Å². The quantitative estimate of drug-likeness (QED) is 0.651. The molecular formula is C25H34O3. The number of aliphatic hydroxyl groups excluding tert-OH is 2. The lowest BCUT2D eigenvalue weighted by Crippen LogP contribution is -2.51. The average molecular weight is 383 g/mol. The first-order valence-corrected chi connectivity index (χ1v) is 11.1. The van der Waals surface area contributed by atoms with Gasteiger partial charge in [-0.15, -0.1) is 0 Å². The summed E-state index contributed by atoms with van der Waals surface area (Å²) in [5.41, 5.74) is 2.89. The van der Waals surface area contributed by atoms with E-state index in [2.05, 4.69) is 26.0 Å². The molecule has 152 valence electrons. The molecule has 3 fully saturated rings. The number of furan rings is 1. The van der Waals surface area contributed by atoms with Gasteiger partial charge in [0.05, 0.1) is 12.2 Å². The molecule has 3 nitrogen and oxygen atoms in total. The highest BCUT2D eigenvalue weighted by Crippen LogP contribution is 2.65. The number of hydrogen-bond acceptors (Lipinski definition) is 3. The van der Waals surface area contributed by atoms with Crippen molar-refractivity contribution in [2.24, 2.45) is 28.6 Å². The molecule has 0 unspecified atom stereocenters. The molecule has 0 aromatic carbocycles. The van der Waals surface area contributed by atoms with Crippen molar-refractivity contribution in [3.8, 4) is 0 Å². The molecule has 0 saturated heterocycles. The molecule has 5 rings (SSSR count). The van der Waals surface area contributed by atoms with Crippen LogP contribution in [0.3, 0.4) is 0 Å². The highest BCUT2D eigenvalue weighted by Gasteiger charge is 2.59. The van der Waals surface area contributed by atoms with Crippen molar-refractivity contribution < 1.29 is 14.6 Å². The van der Waals surface area contributed by atoms with Gasteiger partial charge in [-0.3, -0.25) is 0 Å². The van der Waals surface area contributed by atoms with E-state index in [4.69, 9.17) is 4.42 Å². The summed E-state index contributed by atoms with van der Waals surface area (Å²) in [5.74, 6) is 3.65. The number of aliphatic hydroxyl groups is 2. The Balaban J connectivity index is 1.47. The van der Waals surface area contributed by atoms with Gasteiger partial charge >= 0.3 is 0 Å². The molecule has 1 aromatic heterocycles. The van der Waals surface area contributed by atoms with Crippen molar-refractivity contribution in [1.82, 2.24) is 0 Å². The SMILES string of the molecule is Cc1ccc(/C=C2/C[C@H]3[C@@H]4CC=C5C[C@H](O)CC[C@]5(C)[C@@H]4CC[C@]3(C)[C@@H]2O)o1. The summed E-state index contributed by atoms with van der Waals surface area (Å²) >= 11 is 0. The van der Waals surface area contributed by atoms with E-state index in [-0.39, 0.29) is 23.0 Å². The van der Waals surface area contributed by atoms with Crippen LogP contribution in [0.1, 0.15) is 70.3 Å². The molecule has 4 aliphatic carbocycles. The van der Waals surface area contributed by atoms with Crippen LogP contribution in [0.25, 0.3) is 6.08 Å². The third kappa shape index (κ3) is 2.62. The Hall–Kier alpha value is -1.32. The third-order valence-electron chi connectivity index (χ3n) is 9.04. The molecule has 4 aliphatic rings. The van der Waals surface area contributed by atoms with E-state index in [0.717, 1.165) is 55.6 Å². The van der Waals surface area contributed by atoms with Gasteiger partial charge in [-0.1, -0.05) is 25.5 Å². The molecule has 1 aromatic rings. The normalized spacial score (nSPS) is 46.7. The second-order valence-corrected chi connectivity index (χ2v) is 10.5. The summed E-state index contributed by atoms with van der Waals surface area (Å²) in [6, 6.07) is 4.00. The maximum atomic E-state index is 11.3. The second-order valence-electron chi connectivity index (χ2n) is 10.5. The minimum atomic E-state index is -0.366. The molecule has 7 atom stereocenters. The number of aryl methyl sites for hydroxylation is 1. The van der Waals surface area contributed by atoms with Crippen LogP contribution < -0.4 is 0 Å². The van der Waals surface area contributed by atoms with Crippen molar-refractivity contribution in [3.05, 3.63) is 40.9 Å². The molecular weight excluding hydrogens is 348 g/mol. The highest BCUT2D eigenvalue weighted by atomic mass is 16.3. The van der Waals surface area contributed by atoms with Crippen LogP contribution in [0.5, 0.6) is 0 Å². The van der Waals surface area contributed by atoms with Crippen LogP contribution in [0, 0.1) is 35.5 Å². The minimum Gasteiger partial charge on any atom is -0.462 e. The van der Waals surface area contributed by atoms with Gasteiger partial charge in [0.2, 0.25) is 0 Å². The molecule has 0 radical (unpaired) electrons. The van der Waals surface area contributed by atoms with Crippen LogP contribution >= 0.6 is 0 Å². The fraction of sp³-hybridized carbons (Fsp3) is 0.680. The fourth-order valence-electron chi connectivity index (χ4n) is 7.35. The lowest BCUT2D eigenvalue weighted by atomic mass is 9.48. The Labute approximate surface area is 168 Å².